The minimum absolute atomic E-state index is 0.00753. The fourth-order valence-electron chi connectivity index (χ4n) is 2.44. The highest BCUT2D eigenvalue weighted by molar-refractivity contribution is 7.89. The molecule has 1 aliphatic carbocycles. The number of oxazole rings is 1. The van der Waals surface area contributed by atoms with E-state index in [0.29, 0.717) is 30.9 Å². The summed E-state index contributed by atoms with van der Waals surface area (Å²) in [5.41, 5.74) is -0.0913. The lowest BCUT2D eigenvalue weighted by atomic mass is 9.86. The largest absolute Gasteiger partial charge is 0.443 e. The number of aliphatic imine (C=N–C) groups is 1. The van der Waals surface area contributed by atoms with E-state index in [-0.39, 0.29) is 17.7 Å². The van der Waals surface area contributed by atoms with E-state index in [9.17, 15) is 8.42 Å². The SMILES string of the molecule is CN=C(NCCS(=O)(=O)NCC1CCC1)NCc1ncc(C(C)(C)C)o1. The van der Waals surface area contributed by atoms with Crippen molar-refractivity contribution in [2.24, 2.45) is 10.9 Å². The van der Waals surface area contributed by atoms with Gasteiger partial charge in [-0.15, -0.1) is 0 Å². The van der Waals surface area contributed by atoms with Crippen LogP contribution in [0.25, 0.3) is 0 Å². The van der Waals surface area contributed by atoms with Gasteiger partial charge in [0.25, 0.3) is 0 Å². The van der Waals surface area contributed by atoms with Gasteiger partial charge >= 0.3 is 0 Å². The topological polar surface area (TPSA) is 109 Å². The summed E-state index contributed by atoms with van der Waals surface area (Å²) in [7, 11) is -1.63. The van der Waals surface area contributed by atoms with Crippen molar-refractivity contribution in [1.82, 2.24) is 20.3 Å². The van der Waals surface area contributed by atoms with Crippen LogP contribution in [-0.2, 0) is 22.0 Å². The number of rotatable bonds is 8. The standard InChI is InChI=1S/C17H31N5O3S/c1-17(2,3)14-11-20-15(25-14)12-21-16(18-4)19-8-9-26(23,24)22-10-13-6-5-7-13/h11,13,22H,5-10,12H2,1-4H3,(H2,18,19,21). The van der Waals surface area contributed by atoms with E-state index in [1.807, 2.05) is 0 Å². The number of nitrogens with one attached hydrogen (secondary N) is 3. The number of hydrogen-bond donors (Lipinski definition) is 3. The Hall–Kier alpha value is -1.61. The highest BCUT2D eigenvalue weighted by atomic mass is 32.2. The quantitative estimate of drug-likeness (QED) is 0.460. The lowest BCUT2D eigenvalue weighted by molar-refractivity contribution is 0.316. The Morgan fingerprint density at radius 3 is 2.62 bits per heavy atom. The maximum absolute atomic E-state index is 12.0. The number of guanidine groups is 1. The molecule has 0 aliphatic heterocycles. The van der Waals surface area contributed by atoms with Crippen LogP contribution in [0.15, 0.2) is 15.6 Å². The van der Waals surface area contributed by atoms with Crippen molar-refractivity contribution >= 4 is 16.0 Å². The minimum atomic E-state index is -3.26. The highest BCUT2D eigenvalue weighted by Gasteiger charge is 2.20. The fraction of sp³-hybridized carbons (Fsp3) is 0.765. The molecule has 3 N–H and O–H groups in total. The molecule has 148 valence electrons. The summed E-state index contributed by atoms with van der Waals surface area (Å²) >= 11 is 0. The average molecular weight is 386 g/mol. The monoisotopic (exact) mass is 385 g/mol. The molecule has 0 aromatic carbocycles. The van der Waals surface area contributed by atoms with Crippen LogP contribution >= 0.6 is 0 Å². The summed E-state index contributed by atoms with van der Waals surface area (Å²) in [6.07, 6.45) is 5.18. The Labute approximate surface area is 156 Å². The summed E-state index contributed by atoms with van der Waals surface area (Å²) in [5.74, 6) is 2.40. The molecular weight excluding hydrogens is 354 g/mol. The third-order valence-electron chi connectivity index (χ3n) is 4.40. The second kappa shape index (κ2) is 8.85. The Kier molecular flexibility index (Phi) is 7.05. The van der Waals surface area contributed by atoms with Crippen LogP contribution in [0.1, 0.15) is 51.7 Å². The van der Waals surface area contributed by atoms with E-state index in [2.05, 4.69) is 46.1 Å². The van der Waals surface area contributed by atoms with Crippen LogP contribution in [-0.4, -0.2) is 45.3 Å². The van der Waals surface area contributed by atoms with Gasteiger partial charge in [0, 0.05) is 25.6 Å². The van der Waals surface area contributed by atoms with Crippen molar-refractivity contribution in [1.29, 1.82) is 0 Å². The Bertz CT molecular complexity index is 702. The average Bonchev–Trinajstić information content (AvgIpc) is 2.98. The molecule has 8 nitrogen and oxygen atoms in total. The number of hydrogen-bond acceptors (Lipinski definition) is 5. The Balaban J connectivity index is 1.71. The molecule has 2 rings (SSSR count). The molecule has 0 saturated heterocycles. The van der Waals surface area contributed by atoms with Gasteiger partial charge in [-0.1, -0.05) is 27.2 Å². The third-order valence-corrected chi connectivity index (χ3v) is 5.75. The van der Waals surface area contributed by atoms with Crippen LogP contribution < -0.4 is 15.4 Å². The zero-order valence-electron chi connectivity index (χ0n) is 16.1. The molecule has 0 atom stereocenters. The molecule has 0 radical (unpaired) electrons. The molecule has 1 saturated carbocycles. The molecule has 0 amide bonds. The minimum Gasteiger partial charge on any atom is -0.443 e. The molecule has 9 heteroatoms. The summed E-state index contributed by atoms with van der Waals surface area (Å²) in [6, 6.07) is 0. The summed E-state index contributed by atoms with van der Waals surface area (Å²) in [5, 5.41) is 6.07. The van der Waals surface area contributed by atoms with Crippen LogP contribution in [0.2, 0.25) is 0 Å². The highest BCUT2D eigenvalue weighted by Crippen LogP contribution is 2.25. The van der Waals surface area contributed by atoms with Crippen LogP contribution in [0.4, 0.5) is 0 Å². The maximum atomic E-state index is 12.0. The Morgan fingerprint density at radius 1 is 1.35 bits per heavy atom. The Morgan fingerprint density at radius 2 is 2.08 bits per heavy atom. The molecule has 0 spiro atoms. The van der Waals surface area contributed by atoms with Gasteiger partial charge in [0.15, 0.2) is 5.96 Å². The van der Waals surface area contributed by atoms with E-state index in [4.69, 9.17) is 4.42 Å². The molecule has 1 aliphatic rings. The van der Waals surface area contributed by atoms with Crippen molar-refractivity contribution in [3.8, 4) is 0 Å². The summed E-state index contributed by atoms with van der Waals surface area (Å²) in [4.78, 5) is 8.33. The number of nitrogens with zero attached hydrogens (tertiary/aromatic N) is 2. The van der Waals surface area contributed by atoms with Crippen LogP contribution in [0.3, 0.4) is 0 Å². The first-order valence-corrected chi connectivity index (χ1v) is 10.7. The lowest BCUT2D eigenvalue weighted by Crippen LogP contribution is -2.41. The summed E-state index contributed by atoms with van der Waals surface area (Å²) in [6.45, 7) is 7.39. The molecule has 0 bridgehead atoms. The predicted octanol–water partition coefficient (Wildman–Crippen LogP) is 1.36. The van der Waals surface area contributed by atoms with Crippen molar-refractivity contribution < 1.29 is 12.8 Å². The predicted molar refractivity (Wildman–Crippen MR) is 103 cm³/mol. The van der Waals surface area contributed by atoms with Crippen molar-refractivity contribution in [3.05, 3.63) is 17.8 Å². The van der Waals surface area contributed by atoms with Gasteiger partial charge in [-0.2, -0.15) is 0 Å². The van der Waals surface area contributed by atoms with Crippen LogP contribution in [0.5, 0.6) is 0 Å². The first-order valence-electron chi connectivity index (χ1n) is 9.06. The van der Waals surface area contributed by atoms with Crippen LogP contribution in [0, 0.1) is 5.92 Å². The van der Waals surface area contributed by atoms with Crippen molar-refractivity contribution in [2.75, 3.05) is 25.9 Å². The third kappa shape index (κ3) is 6.60. The smallest absolute Gasteiger partial charge is 0.213 e. The zero-order valence-corrected chi connectivity index (χ0v) is 16.9. The van der Waals surface area contributed by atoms with Gasteiger partial charge in [0.2, 0.25) is 15.9 Å². The van der Waals surface area contributed by atoms with Crippen molar-refractivity contribution in [2.45, 2.75) is 52.0 Å². The van der Waals surface area contributed by atoms with E-state index in [0.717, 1.165) is 18.6 Å². The van der Waals surface area contributed by atoms with Gasteiger partial charge < -0.3 is 15.1 Å². The second-order valence-electron chi connectivity index (χ2n) is 7.69. The van der Waals surface area contributed by atoms with Gasteiger partial charge in [0.1, 0.15) is 5.76 Å². The van der Waals surface area contributed by atoms with Gasteiger partial charge in [0.05, 0.1) is 18.5 Å². The maximum Gasteiger partial charge on any atom is 0.213 e. The summed E-state index contributed by atoms with van der Waals surface area (Å²) < 4.78 is 32.4. The molecular formula is C17H31N5O3S. The molecule has 1 heterocycles. The molecule has 1 aromatic heterocycles. The number of sulfonamides is 1. The van der Waals surface area contributed by atoms with E-state index >= 15 is 0 Å². The second-order valence-corrected chi connectivity index (χ2v) is 9.61. The van der Waals surface area contributed by atoms with E-state index < -0.39 is 10.0 Å². The first kappa shape index (κ1) is 20.7. The van der Waals surface area contributed by atoms with E-state index in [1.165, 1.54) is 6.42 Å². The van der Waals surface area contributed by atoms with Gasteiger partial charge in [-0.05, 0) is 18.8 Å². The van der Waals surface area contributed by atoms with E-state index in [1.54, 1.807) is 13.2 Å². The molecule has 1 aromatic rings. The lowest BCUT2D eigenvalue weighted by Gasteiger charge is -2.25. The molecule has 1 fully saturated rings. The van der Waals surface area contributed by atoms with Gasteiger partial charge in [-0.3, -0.25) is 4.99 Å². The molecule has 26 heavy (non-hydrogen) atoms. The molecule has 0 unspecified atom stereocenters. The van der Waals surface area contributed by atoms with Gasteiger partial charge in [-0.25, -0.2) is 18.1 Å². The number of aromatic nitrogens is 1. The fourth-order valence-corrected chi connectivity index (χ4v) is 3.44. The normalized spacial score (nSPS) is 16.4. The first-order chi connectivity index (χ1) is 12.2. The zero-order chi connectivity index (χ0) is 19.2. The van der Waals surface area contributed by atoms with Crippen molar-refractivity contribution in [3.63, 3.8) is 0 Å².